The maximum Gasteiger partial charge on any atom is 0.191 e. The molecule has 0 saturated carbocycles. The van der Waals surface area contributed by atoms with Gasteiger partial charge in [-0.15, -0.1) is 0 Å². The Kier molecular flexibility index (Phi) is 6.68. The monoisotopic (exact) mass is 380 g/mol. The van der Waals surface area contributed by atoms with E-state index in [1.54, 1.807) is 13.2 Å². The van der Waals surface area contributed by atoms with E-state index < -0.39 is 0 Å². The lowest BCUT2D eigenvalue weighted by atomic mass is 10.1. The second kappa shape index (κ2) is 8.76. The topological polar surface area (TPSA) is 49.3 Å². The molecule has 0 aliphatic rings. The minimum atomic E-state index is 0.640. The van der Waals surface area contributed by atoms with Crippen LogP contribution in [0.25, 0.3) is 0 Å². The van der Waals surface area contributed by atoms with Gasteiger partial charge in [-0.1, -0.05) is 33.6 Å². The highest BCUT2D eigenvalue weighted by Gasteiger charge is 2.03. The molecule has 0 atom stereocenters. The molecule has 0 bridgehead atoms. The van der Waals surface area contributed by atoms with Crippen molar-refractivity contribution in [2.75, 3.05) is 13.6 Å². The maximum absolute atomic E-state index is 6.02. The zero-order chi connectivity index (χ0) is 15.8. The second-order valence-electron chi connectivity index (χ2n) is 4.66. The summed E-state index contributed by atoms with van der Waals surface area (Å²) < 4.78 is 1.06. The van der Waals surface area contributed by atoms with Crippen LogP contribution in [0.4, 0.5) is 0 Å². The molecule has 2 N–H and O–H groups in total. The van der Waals surface area contributed by atoms with Gasteiger partial charge in [0.1, 0.15) is 0 Å². The molecule has 0 aliphatic heterocycles. The smallest absolute Gasteiger partial charge is 0.191 e. The molecule has 1 aromatic heterocycles. The molecular formula is C16H18BrClN4. The Morgan fingerprint density at radius 3 is 2.86 bits per heavy atom. The molecule has 2 aromatic rings. The number of benzene rings is 1. The molecule has 0 aliphatic carbocycles. The molecule has 0 amide bonds. The van der Waals surface area contributed by atoms with Crippen molar-refractivity contribution in [2.45, 2.75) is 13.0 Å². The summed E-state index contributed by atoms with van der Waals surface area (Å²) in [5.74, 6) is 0.754. The van der Waals surface area contributed by atoms with E-state index in [-0.39, 0.29) is 0 Å². The van der Waals surface area contributed by atoms with Gasteiger partial charge in [0.05, 0.1) is 12.2 Å². The Morgan fingerprint density at radius 1 is 1.27 bits per heavy atom. The summed E-state index contributed by atoms with van der Waals surface area (Å²) in [5.41, 5.74) is 2.14. The molecular weight excluding hydrogens is 364 g/mol. The van der Waals surface area contributed by atoms with Gasteiger partial charge in [0.15, 0.2) is 5.96 Å². The van der Waals surface area contributed by atoms with Gasteiger partial charge < -0.3 is 10.6 Å². The van der Waals surface area contributed by atoms with Crippen molar-refractivity contribution in [2.24, 2.45) is 4.99 Å². The quantitative estimate of drug-likeness (QED) is 0.616. The number of nitrogens with one attached hydrogen (secondary N) is 2. The lowest BCUT2D eigenvalue weighted by Gasteiger charge is -2.12. The minimum Gasteiger partial charge on any atom is -0.356 e. The summed E-state index contributed by atoms with van der Waals surface area (Å²) in [5, 5.41) is 7.26. The van der Waals surface area contributed by atoms with Gasteiger partial charge in [0.25, 0.3) is 0 Å². The van der Waals surface area contributed by atoms with Crippen LogP contribution in [0.15, 0.2) is 52.1 Å². The number of pyridine rings is 1. The second-order valence-corrected chi connectivity index (χ2v) is 5.95. The highest BCUT2D eigenvalue weighted by Crippen LogP contribution is 2.21. The Balaban J connectivity index is 1.80. The van der Waals surface area contributed by atoms with E-state index in [0.717, 1.165) is 34.1 Å². The van der Waals surface area contributed by atoms with Gasteiger partial charge in [-0.05, 0) is 42.3 Å². The number of rotatable bonds is 5. The van der Waals surface area contributed by atoms with Crippen LogP contribution in [0, 0.1) is 0 Å². The van der Waals surface area contributed by atoms with Crippen molar-refractivity contribution < 1.29 is 0 Å². The zero-order valence-electron chi connectivity index (χ0n) is 12.3. The third-order valence-electron chi connectivity index (χ3n) is 3.08. The summed E-state index contributed by atoms with van der Waals surface area (Å²) in [6.07, 6.45) is 2.63. The van der Waals surface area contributed by atoms with Gasteiger partial charge in [-0.25, -0.2) is 0 Å². The zero-order valence-corrected chi connectivity index (χ0v) is 14.7. The standard InChI is InChI=1S/C16H18BrClN4/c1-19-16(22-11-14-4-2-3-8-20-14)21-9-7-12-10-13(18)5-6-15(12)17/h2-6,8,10H,7,9,11H2,1H3,(H2,19,21,22). The van der Waals surface area contributed by atoms with Gasteiger partial charge in [-0.2, -0.15) is 0 Å². The van der Waals surface area contributed by atoms with Crippen molar-refractivity contribution in [1.29, 1.82) is 0 Å². The van der Waals surface area contributed by atoms with Gasteiger partial charge in [-0.3, -0.25) is 9.98 Å². The first-order valence-corrected chi connectivity index (χ1v) is 8.14. The molecule has 4 nitrogen and oxygen atoms in total. The van der Waals surface area contributed by atoms with Gasteiger partial charge in [0, 0.05) is 29.3 Å². The number of aliphatic imine (C=N–C) groups is 1. The third-order valence-corrected chi connectivity index (χ3v) is 4.09. The third kappa shape index (κ3) is 5.31. The van der Waals surface area contributed by atoms with Crippen molar-refractivity contribution in [1.82, 2.24) is 15.6 Å². The summed E-state index contributed by atoms with van der Waals surface area (Å²) in [6.45, 7) is 1.40. The number of hydrogen-bond donors (Lipinski definition) is 2. The number of hydrogen-bond acceptors (Lipinski definition) is 2. The van der Waals surface area contributed by atoms with Crippen LogP contribution in [0.5, 0.6) is 0 Å². The highest BCUT2D eigenvalue weighted by molar-refractivity contribution is 9.10. The van der Waals surface area contributed by atoms with E-state index in [9.17, 15) is 0 Å². The van der Waals surface area contributed by atoms with Gasteiger partial charge >= 0.3 is 0 Å². The molecule has 116 valence electrons. The van der Waals surface area contributed by atoms with E-state index in [1.165, 1.54) is 5.56 Å². The van der Waals surface area contributed by atoms with Gasteiger partial charge in [0.2, 0.25) is 0 Å². The lowest BCUT2D eigenvalue weighted by molar-refractivity contribution is 0.782. The predicted molar refractivity (Wildman–Crippen MR) is 95.3 cm³/mol. The Morgan fingerprint density at radius 2 is 2.14 bits per heavy atom. The number of halogens is 2. The SMILES string of the molecule is CN=C(NCCc1cc(Cl)ccc1Br)NCc1ccccn1. The van der Waals surface area contributed by atoms with E-state index in [4.69, 9.17) is 11.6 Å². The van der Waals surface area contributed by atoms with Crippen molar-refractivity contribution in [3.05, 3.63) is 63.3 Å². The summed E-state index contributed by atoms with van der Waals surface area (Å²) in [4.78, 5) is 8.47. The van der Waals surface area contributed by atoms with E-state index in [2.05, 4.69) is 36.5 Å². The summed E-state index contributed by atoms with van der Waals surface area (Å²) >= 11 is 9.55. The van der Waals surface area contributed by atoms with E-state index >= 15 is 0 Å². The fourth-order valence-electron chi connectivity index (χ4n) is 1.95. The fraction of sp³-hybridized carbons (Fsp3) is 0.250. The average molecular weight is 382 g/mol. The molecule has 22 heavy (non-hydrogen) atoms. The van der Waals surface area contributed by atoms with Crippen LogP contribution in [0.2, 0.25) is 5.02 Å². The van der Waals surface area contributed by atoms with E-state index in [1.807, 2.05) is 36.4 Å². The Bertz CT molecular complexity index is 631. The molecule has 0 radical (unpaired) electrons. The van der Waals surface area contributed by atoms with Crippen molar-refractivity contribution >= 4 is 33.5 Å². The minimum absolute atomic E-state index is 0.640. The molecule has 0 unspecified atom stereocenters. The number of aromatic nitrogens is 1. The van der Waals surface area contributed by atoms with Crippen molar-refractivity contribution in [3.63, 3.8) is 0 Å². The van der Waals surface area contributed by atoms with E-state index in [0.29, 0.717) is 6.54 Å². The molecule has 1 heterocycles. The number of guanidine groups is 1. The average Bonchev–Trinajstić information content (AvgIpc) is 2.55. The number of nitrogens with zero attached hydrogens (tertiary/aromatic N) is 2. The highest BCUT2D eigenvalue weighted by atomic mass is 79.9. The molecule has 2 rings (SSSR count). The van der Waals surface area contributed by atoms with Crippen LogP contribution in [-0.4, -0.2) is 24.5 Å². The Labute approximate surface area is 144 Å². The molecule has 6 heteroatoms. The molecule has 1 aromatic carbocycles. The van der Waals surface area contributed by atoms with Crippen LogP contribution in [0.3, 0.4) is 0 Å². The summed E-state index contributed by atoms with van der Waals surface area (Å²) in [6, 6.07) is 11.7. The largest absolute Gasteiger partial charge is 0.356 e. The van der Waals surface area contributed by atoms with Crippen LogP contribution >= 0.6 is 27.5 Å². The first kappa shape index (κ1) is 16.8. The fourth-order valence-corrected chi connectivity index (χ4v) is 2.59. The molecule has 0 fully saturated rings. The van der Waals surface area contributed by atoms with Crippen LogP contribution < -0.4 is 10.6 Å². The van der Waals surface area contributed by atoms with Crippen LogP contribution in [0.1, 0.15) is 11.3 Å². The first-order valence-electron chi connectivity index (χ1n) is 6.97. The normalized spacial score (nSPS) is 11.3. The Hall–Kier alpha value is -1.59. The molecule has 0 saturated heterocycles. The first-order chi connectivity index (χ1) is 10.7. The maximum atomic E-state index is 6.02. The van der Waals surface area contributed by atoms with Crippen molar-refractivity contribution in [3.8, 4) is 0 Å². The summed E-state index contributed by atoms with van der Waals surface area (Å²) in [7, 11) is 1.75. The predicted octanol–water partition coefficient (Wildman–Crippen LogP) is 3.41. The van der Waals surface area contributed by atoms with Crippen LogP contribution in [-0.2, 0) is 13.0 Å². The molecule has 0 spiro atoms. The lowest BCUT2D eigenvalue weighted by Crippen LogP contribution is -2.38.